The van der Waals surface area contributed by atoms with Crippen LogP contribution in [0.1, 0.15) is 43.8 Å². The molecule has 3 rings (SSSR count). The van der Waals surface area contributed by atoms with Gasteiger partial charge in [0.15, 0.2) is 0 Å². The summed E-state index contributed by atoms with van der Waals surface area (Å²) in [6, 6.07) is 7.58. The second-order valence-corrected chi connectivity index (χ2v) is 5.75. The molecule has 2 fully saturated rings. The molecule has 98 valence electrons. The smallest absolute Gasteiger partial charge is 0.0820 e. The van der Waals surface area contributed by atoms with E-state index in [9.17, 15) is 5.11 Å². The van der Waals surface area contributed by atoms with Gasteiger partial charge in [0.2, 0.25) is 0 Å². The van der Waals surface area contributed by atoms with Gasteiger partial charge >= 0.3 is 0 Å². The molecule has 1 saturated heterocycles. The molecule has 2 aliphatic rings. The molecule has 0 aromatic heterocycles. The first-order valence-corrected chi connectivity index (χ1v) is 6.86. The normalized spacial score (nSPS) is 27.7. The maximum absolute atomic E-state index is 10.5. The summed E-state index contributed by atoms with van der Waals surface area (Å²) < 4.78 is 5.91. The van der Waals surface area contributed by atoms with Gasteiger partial charge < -0.3 is 15.6 Å². The van der Waals surface area contributed by atoms with Crippen molar-refractivity contribution in [3.05, 3.63) is 29.8 Å². The van der Waals surface area contributed by atoms with Crippen molar-refractivity contribution in [1.29, 1.82) is 0 Å². The van der Waals surface area contributed by atoms with E-state index >= 15 is 0 Å². The van der Waals surface area contributed by atoms with Crippen LogP contribution in [0.2, 0.25) is 0 Å². The van der Waals surface area contributed by atoms with Gasteiger partial charge in [-0.2, -0.15) is 0 Å². The van der Waals surface area contributed by atoms with Crippen LogP contribution in [0.15, 0.2) is 24.3 Å². The molecule has 3 heteroatoms. The van der Waals surface area contributed by atoms with Crippen LogP contribution in [0.4, 0.5) is 5.69 Å². The van der Waals surface area contributed by atoms with Crippen molar-refractivity contribution in [3.8, 4) is 0 Å². The molecule has 0 bridgehead atoms. The van der Waals surface area contributed by atoms with Gasteiger partial charge in [0.05, 0.1) is 11.7 Å². The lowest BCUT2D eigenvalue weighted by atomic mass is 9.70. The number of hydrogen-bond acceptors (Lipinski definition) is 3. The summed E-state index contributed by atoms with van der Waals surface area (Å²) in [4.78, 5) is 0. The topological polar surface area (TPSA) is 55.5 Å². The molecule has 0 amide bonds. The zero-order valence-electron chi connectivity index (χ0n) is 10.6. The molecule has 3 N–H and O–H groups in total. The number of benzene rings is 1. The van der Waals surface area contributed by atoms with E-state index in [-0.39, 0.29) is 11.7 Å². The van der Waals surface area contributed by atoms with Crippen molar-refractivity contribution in [2.75, 3.05) is 12.3 Å². The van der Waals surface area contributed by atoms with E-state index < -0.39 is 0 Å². The molecule has 1 aliphatic heterocycles. The van der Waals surface area contributed by atoms with Crippen LogP contribution in [0, 0.1) is 5.92 Å². The first-order chi connectivity index (χ1) is 8.69. The summed E-state index contributed by atoms with van der Waals surface area (Å²) in [6.45, 7) is 0.788. The van der Waals surface area contributed by atoms with Gasteiger partial charge in [-0.05, 0) is 55.7 Å². The van der Waals surface area contributed by atoms with Crippen LogP contribution in [0.3, 0.4) is 0 Å². The molecular formula is C15H21NO2. The molecular weight excluding hydrogens is 226 g/mol. The number of nitrogen functional groups attached to an aromatic ring is 1. The number of anilines is 1. The number of aliphatic hydroxyl groups is 1. The summed E-state index contributed by atoms with van der Waals surface area (Å²) in [5.41, 5.74) is 7.49. The van der Waals surface area contributed by atoms with Crippen LogP contribution in [-0.2, 0) is 4.74 Å². The summed E-state index contributed by atoms with van der Waals surface area (Å²) in [6.07, 6.45) is 5.17. The first kappa shape index (κ1) is 12.0. The third kappa shape index (κ3) is 2.13. The molecule has 1 heterocycles. The Morgan fingerprint density at radius 3 is 2.61 bits per heavy atom. The lowest BCUT2D eigenvalue weighted by Gasteiger charge is -2.48. The lowest BCUT2D eigenvalue weighted by molar-refractivity contribution is -0.157. The van der Waals surface area contributed by atoms with E-state index in [0.717, 1.165) is 43.5 Å². The molecule has 1 aromatic carbocycles. The second kappa shape index (κ2) is 4.56. The van der Waals surface area contributed by atoms with Gasteiger partial charge in [0.25, 0.3) is 0 Å². The minimum absolute atomic E-state index is 0.0949. The zero-order valence-corrected chi connectivity index (χ0v) is 10.6. The van der Waals surface area contributed by atoms with Crippen molar-refractivity contribution >= 4 is 5.69 Å². The Labute approximate surface area is 108 Å². The SMILES string of the molecule is Nc1ccc(C(O)C2CCOC3(CCC3)C2)cc1. The molecule has 2 unspecified atom stereocenters. The standard InChI is InChI=1S/C15H21NO2/c16-13-4-2-11(3-5-13)14(17)12-6-9-18-15(10-12)7-1-8-15/h2-5,12,14,17H,1,6-10,16H2. The number of aliphatic hydroxyl groups excluding tert-OH is 1. The fourth-order valence-electron chi connectivity index (χ4n) is 3.22. The van der Waals surface area contributed by atoms with Gasteiger partial charge in [-0.15, -0.1) is 0 Å². The highest BCUT2D eigenvalue weighted by Gasteiger charge is 2.44. The van der Waals surface area contributed by atoms with Crippen molar-refractivity contribution in [2.24, 2.45) is 5.92 Å². The highest BCUT2D eigenvalue weighted by Crippen LogP contribution is 2.47. The molecule has 1 aromatic rings. The quantitative estimate of drug-likeness (QED) is 0.790. The third-order valence-electron chi connectivity index (χ3n) is 4.52. The van der Waals surface area contributed by atoms with E-state index in [1.54, 1.807) is 0 Å². The van der Waals surface area contributed by atoms with Gasteiger partial charge in [0.1, 0.15) is 0 Å². The number of ether oxygens (including phenoxy) is 1. The van der Waals surface area contributed by atoms with Gasteiger partial charge in [0, 0.05) is 12.3 Å². The highest BCUT2D eigenvalue weighted by atomic mass is 16.5. The van der Waals surface area contributed by atoms with E-state index in [1.807, 2.05) is 24.3 Å². The molecule has 0 radical (unpaired) electrons. The molecule has 1 aliphatic carbocycles. The number of hydrogen-bond donors (Lipinski definition) is 2. The van der Waals surface area contributed by atoms with E-state index in [0.29, 0.717) is 5.92 Å². The van der Waals surface area contributed by atoms with E-state index in [2.05, 4.69) is 0 Å². The van der Waals surface area contributed by atoms with E-state index in [1.165, 1.54) is 6.42 Å². The van der Waals surface area contributed by atoms with Crippen molar-refractivity contribution in [2.45, 2.75) is 43.8 Å². The lowest BCUT2D eigenvalue weighted by Crippen LogP contribution is -2.46. The van der Waals surface area contributed by atoms with Gasteiger partial charge in [-0.25, -0.2) is 0 Å². The van der Waals surface area contributed by atoms with E-state index in [4.69, 9.17) is 10.5 Å². The van der Waals surface area contributed by atoms with Crippen molar-refractivity contribution in [3.63, 3.8) is 0 Å². The Kier molecular flexibility index (Phi) is 3.04. The molecule has 1 saturated carbocycles. The summed E-state index contributed by atoms with van der Waals surface area (Å²) >= 11 is 0. The summed E-state index contributed by atoms with van der Waals surface area (Å²) in [7, 11) is 0. The third-order valence-corrected chi connectivity index (χ3v) is 4.52. The monoisotopic (exact) mass is 247 g/mol. The highest BCUT2D eigenvalue weighted by molar-refractivity contribution is 5.40. The fraction of sp³-hybridized carbons (Fsp3) is 0.600. The predicted molar refractivity (Wildman–Crippen MR) is 71.1 cm³/mol. The average molecular weight is 247 g/mol. The van der Waals surface area contributed by atoms with Crippen LogP contribution < -0.4 is 5.73 Å². The maximum atomic E-state index is 10.5. The molecule has 1 spiro atoms. The van der Waals surface area contributed by atoms with Gasteiger partial charge in [-0.1, -0.05) is 12.1 Å². The van der Waals surface area contributed by atoms with Crippen LogP contribution in [-0.4, -0.2) is 17.3 Å². The Balaban J connectivity index is 1.71. The van der Waals surface area contributed by atoms with Crippen LogP contribution in [0.5, 0.6) is 0 Å². The number of rotatable bonds is 2. The minimum atomic E-state index is -0.382. The Morgan fingerprint density at radius 2 is 2.00 bits per heavy atom. The Hall–Kier alpha value is -1.06. The number of nitrogens with two attached hydrogens (primary N) is 1. The van der Waals surface area contributed by atoms with Gasteiger partial charge in [-0.3, -0.25) is 0 Å². The molecule has 18 heavy (non-hydrogen) atoms. The summed E-state index contributed by atoms with van der Waals surface area (Å²) in [5.74, 6) is 0.322. The summed E-state index contributed by atoms with van der Waals surface area (Å²) in [5, 5.41) is 10.5. The zero-order chi connectivity index (χ0) is 12.6. The van der Waals surface area contributed by atoms with Crippen molar-refractivity contribution in [1.82, 2.24) is 0 Å². The predicted octanol–water partition coefficient (Wildman–Crippen LogP) is 2.65. The fourth-order valence-corrected chi connectivity index (χ4v) is 3.22. The molecule has 2 atom stereocenters. The average Bonchev–Trinajstić information content (AvgIpc) is 2.37. The van der Waals surface area contributed by atoms with Crippen LogP contribution in [0.25, 0.3) is 0 Å². The Morgan fingerprint density at radius 1 is 1.28 bits per heavy atom. The maximum Gasteiger partial charge on any atom is 0.0820 e. The largest absolute Gasteiger partial charge is 0.399 e. The van der Waals surface area contributed by atoms with Crippen LogP contribution >= 0.6 is 0 Å². The Bertz CT molecular complexity index is 411. The second-order valence-electron chi connectivity index (χ2n) is 5.75. The minimum Gasteiger partial charge on any atom is -0.399 e. The first-order valence-electron chi connectivity index (χ1n) is 6.86. The molecule has 3 nitrogen and oxygen atoms in total. The van der Waals surface area contributed by atoms with Crippen molar-refractivity contribution < 1.29 is 9.84 Å².